The number of halogens is 1. The van der Waals surface area contributed by atoms with Crippen molar-refractivity contribution in [1.29, 1.82) is 5.26 Å². The molecule has 0 saturated carbocycles. The van der Waals surface area contributed by atoms with Crippen LogP contribution >= 0.6 is 11.8 Å². The Kier molecular flexibility index (Phi) is 4.20. The molecule has 2 rings (SSSR count). The van der Waals surface area contributed by atoms with Crippen LogP contribution in [0.2, 0.25) is 0 Å². The highest BCUT2D eigenvalue weighted by atomic mass is 32.2. The van der Waals surface area contributed by atoms with Gasteiger partial charge in [0.2, 0.25) is 0 Å². The minimum absolute atomic E-state index is 0.286. The first-order chi connectivity index (χ1) is 9.10. The van der Waals surface area contributed by atoms with E-state index in [-0.39, 0.29) is 5.82 Å². The molecule has 96 valence electrons. The van der Waals surface area contributed by atoms with Crippen molar-refractivity contribution < 1.29 is 9.50 Å². The second-order valence-electron chi connectivity index (χ2n) is 4.10. The maximum atomic E-state index is 12.9. The number of nitrogens with zero attached hydrogens (tertiary/aromatic N) is 1. The molecule has 1 N–H and O–H groups in total. The van der Waals surface area contributed by atoms with Gasteiger partial charge in [0.1, 0.15) is 5.82 Å². The third kappa shape index (κ3) is 3.34. The molecule has 2 aromatic rings. The molecule has 1 unspecified atom stereocenters. The number of rotatable bonds is 3. The lowest BCUT2D eigenvalue weighted by molar-refractivity contribution is 0.196. The zero-order valence-corrected chi connectivity index (χ0v) is 11.1. The van der Waals surface area contributed by atoms with Crippen molar-refractivity contribution in [2.24, 2.45) is 0 Å². The maximum absolute atomic E-state index is 12.9. The van der Waals surface area contributed by atoms with E-state index in [1.165, 1.54) is 23.9 Å². The normalized spacial score (nSPS) is 11.9. The van der Waals surface area contributed by atoms with E-state index < -0.39 is 6.10 Å². The zero-order chi connectivity index (χ0) is 13.8. The van der Waals surface area contributed by atoms with E-state index in [1.54, 1.807) is 37.3 Å². The number of hydrogen-bond donors (Lipinski definition) is 1. The molecule has 4 heteroatoms. The Morgan fingerprint density at radius 3 is 2.47 bits per heavy atom. The second-order valence-corrected chi connectivity index (χ2v) is 5.21. The van der Waals surface area contributed by atoms with Gasteiger partial charge in [0, 0.05) is 9.79 Å². The highest BCUT2D eigenvalue weighted by molar-refractivity contribution is 7.99. The Morgan fingerprint density at radius 2 is 1.89 bits per heavy atom. The first-order valence-electron chi connectivity index (χ1n) is 5.75. The van der Waals surface area contributed by atoms with Crippen molar-refractivity contribution in [3.05, 3.63) is 59.4 Å². The lowest BCUT2D eigenvalue weighted by atomic mass is 10.1. The van der Waals surface area contributed by atoms with Gasteiger partial charge >= 0.3 is 0 Å². The Balaban J connectivity index is 2.37. The molecule has 1 atom stereocenters. The summed E-state index contributed by atoms with van der Waals surface area (Å²) in [5.41, 5.74) is 1.29. The van der Waals surface area contributed by atoms with Crippen molar-refractivity contribution in [2.75, 3.05) is 0 Å². The molecule has 2 aromatic carbocycles. The highest BCUT2D eigenvalue weighted by Gasteiger charge is 2.10. The fourth-order valence-corrected chi connectivity index (χ4v) is 2.74. The summed E-state index contributed by atoms with van der Waals surface area (Å²) in [4.78, 5) is 1.67. The summed E-state index contributed by atoms with van der Waals surface area (Å²) < 4.78 is 12.9. The Bertz CT molecular complexity index is 617. The van der Waals surface area contributed by atoms with Crippen molar-refractivity contribution in [3.8, 4) is 6.07 Å². The monoisotopic (exact) mass is 273 g/mol. The average molecular weight is 273 g/mol. The Labute approximate surface area is 115 Å². The number of aliphatic hydroxyl groups excluding tert-OH is 1. The van der Waals surface area contributed by atoms with Crippen LogP contribution in [0.1, 0.15) is 24.2 Å². The Morgan fingerprint density at radius 1 is 1.21 bits per heavy atom. The summed E-state index contributed by atoms with van der Waals surface area (Å²) >= 11 is 1.40. The van der Waals surface area contributed by atoms with Crippen LogP contribution in [-0.4, -0.2) is 5.11 Å². The van der Waals surface area contributed by atoms with Crippen LogP contribution in [-0.2, 0) is 0 Å². The summed E-state index contributed by atoms with van der Waals surface area (Å²) in [6.07, 6.45) is -0.615. The van der Waals surface area contributed by atoms with E-state index in [4.69, 9.17) is 5.26 Å². The van der Waals surface area contributed by atoms with Crippen molar-refractivity contribution in [2.45, 2.75) is 22.8 Å². The third-order valence-corrected chi connectivity index (χ3v) is 3.72. The van der Waals surface area contributed by atoms with Crippen molar-refractivity contribution >= 4 is 11.8 Å². The molecule has 0 aromatic heterocycles. The topological polar surface area (TPSA) is 44.0 Å². The fraction of sp³-hybridized carbons (Fsp3) is 0.133. The first kappa shape index (κ1) is 13.6. The summed E-state index contributed by atoms with van der Waals surface area (Å²) in [7, 11) is 0. The second kappa shape index (κ2) is 5.87. The molecule has 0 bridgehead atoms. The van der Waals surface area contributed by atoms with E-state index in [1.807, 2.05) is 0 Å². The van der Waals surface area contributed by atoms with Crippen LogP contribution < -0.4 is 0 Å². The molecule has 0 saturated heterocycles. The van der Waals surface area contributed by atoms with Gasteiger partial charge in [-0.15, -0.1) is 0 Å². The average Bonchev–Trinajstić information content (AvgIpc) is 2.41. The molecular weight excluding hydrogens is 261 g/mol. The number of aliphatic hydroxyl groups is 1. The van der Waals surface area contributed by atoms with Crippen LogP contribution in [0.5, 0.6) is 0 Å². The predicted molar refractivity (Wildman–Crippen MR) is 72.3 cm³/mol. The van der Waals surface area contributed by atoms with Crippen molar-refractivity contribution in [3.63, 3.8) is 0 Å². The molecule has 0 spiro atoms. The minimum atomic E-state index is -0.615. The SMILES string of the molecule is CC(O)c1ccc(C#N)cc1Sc1ccc(F)cc1. The van der Waals surface area contributed by atoms with Gasteiger partial charge in [-0.1, -0.05) is 17.8 Å². The lowest BCUT2D eigenvalue weighted by Crippen LogP contribution is -1.94. The summed E-state index contributed by atoms with van der Waals surface area (Å²) in [5.74, 6) is -0.286. The number of benzene rings is 2. The van der Waals surface area contributed by atoms with E-state index >= 15 is 0 Å². The summed E-state index contributed by atoms with van der Waals surface area (Å²) in [6.45, 7) is 1.68. The molecule has 0 aliphatic carbocycles. The smallest absolute Gasteiger partial charge is 0.123 e. The van der Waals surface area contributed by atoms with Gasteiger partial charge < -0.3 is 5.11 Å². The summed E-state index contributed by atoms with van der Waals surface area (Å²) in [6, 6.07) is 13.3. The molecule has 0 aliphatic heterocycles. The van der Waals surface area contributed by atoms with E-state index in [0.717, 1.165) is 15.4 Å². The molecule has 0 aliphatic rings. The van der Waals surface area contributed by atoms with E-state index in [0.29, 0.717) is 5.56 Å². The van der Waals surface area contributed by atoms with Crippen LogP contribution in [0, 0.1) is 17.1 Å². The van der Waals surface area contributed by atoms with Gasteiger partial charge in [-0.25, -0.2) is 4.39 Å². The lowest BCUT2D eigenvalue weighted by Gasteiger charge is -2.12. The molecule has 0 radical (unpaired) electrons. The predicted octanol–water partition coefficient (Wildman–Crippen LogP) is 3.90. The molecule has 0 amide bonds. The number of nitriles is 1. The van der Waals surface area contributed by atoms with Crippen LogP contribution in [0.3, 0.4) is 0 Å². The van der Waals surface area contributed by atoms with Gasteiger partial charge in [-0.2, -0.15) is 5.26 Å². The van der Waals surface area contributed by atoms with Gasteiger partial charge in [0.05, 0.1) is 17.7 Å². The van der Waals surface area contributed by atoms with Gasteiger partial charge in [-0.05, 0) is 48.9 Å². The molecule has 2 nitrogen and oxygen atoms in total. The minimum Gasteiger partial charge on any atom is -0.389 e. The quantitative estimate of drug-likeness (QED) is 0.922. The molecule has 0 fully saturated rings. The third-order valence-electron chi connectivity index (χ3n) is 2.63. The first-order valence-corrected chi connectivity index (χ1v) is 6.57. The molecule has 0 heterocycles. The van der Waals surface area contributed by atoms with Crippen LogP contribution in [0.4, 0.5) is 4.39 Å². The van der Waals surface area contributed by atoms with Crippen molar-refractivity contribution in [1.82, 2.24) is 0 Å². The molecular formula is C15H12FNOS. The highest BCUT2D eigenvalue weighted by Crippen LogP contribution is 2.34. The zero-order valence-electron chi connectivity index (χ0n) is 10.3. The maximum Gasteiger partial charge on any atom is 0.123 e. The fourth-order valence-electron chi connectivity index (χ4n) is 1.67. The van der Waals surface area contributed by atoms with E-state index in [9.17, 15) is 9.50 Å². The largest absolute Gasteiger partial charge is 0.389 e. The van der Waals surface area contributed by atoms with Crippen LogP contribution in [0.15, 0.2) is 52.3 Å². The summed E-state index contributed by atoms with van der Waals surface area (Å²) in [5, 5.41) is 18.7. The van der Waals surface area contributed by atoms with Crippen LogP contribution in [0.25, 0.3) is 0 Å². The van der Waals surface area contributed by atoms with Gasteiger partial charge in [-0.3, -0.25) is 0 Å². The standard InChI is InChI=1S/C15H12FNOS/c1-10(18)14-7-2-11(9-17)8-15(14)19-13-5-3-12(16)4-6-13/h2-8,10,18H,1H3. The number of hydrogen-bond acceptors (Lipinski definition) is 3. The van der Waals surface area contributed by atoms with Gasteiger partial charge in [0.15, 0.2) is 0 Å². The molecule has 19 heavy (non-hydrogen) atoms. The van der Waals surface area contributed by atoms with E-state index in [2.05, 4.69) is 6.07 Å². The van der Waals surface area contributed by atoms with Gasteiger partial charge in [0.25, 0.3) is 0 Å². The Hall–Kier alpha value is -1.83.